The van der Waals surface area contributed by atoms with Crippen LogP contribution in [0.25, 0.3) is 0 Å². The highest BCUT2D eigenvalue weighted by Crippen LogP contribution is 2.33. The maximum Gasteiger partial charge on any atom is 0.231 e. The van der Waals surface area contributed by atoms with Gasteiger partial charge >= 0.3 is 0 Å². The van der Waals surface area contributed by atoms with Crippen LogP contribution in [-0.4, -0.2) is 37.3 Å². The van der Waals surface area contributed by atoms with Crippen LogP contribution in [0.5, 0.6) is 17.2 Å². The maximum atomic E-state index is 11.1. The number of nitrogens with zero attached hydrogens (tertiary/aromatic N) is 1. The summed E-state index contributed by atoms with van der Waals surface area (Å²) in [6.07, 6.45) is 1.10. The fraction of sp³-hybridized carbons (Fsp3) is 0.242. The Morgan fingerprint density at radius 2 is 1.46 bits per heavy atom. The Balaban J connectivity index is 1.28. The third kappa shape index (κ3) is 7.39. The molecule has 5 rings (SSSR count). The molecule has 4 aromatic rings. The van der Waals surface area contributed by atoms with Crippen LogP contribution in [0.3, 0.4) is 0 Å². The molecule has 1 aliphatic heterocycles. The molecule has 0 fully saturated rings. The molecular formula is C33H34N2O4. The van der Waals surface area contributed by atoms with Crippen molar-refractivity contribution in [3.05, 3.63) is 125 Å². The molecule has 0 aromatic heterocycles. The van der Waals surface area contributed by atoms with Crippen LogP contribution in [0, 0.1) is 0 Å². The Labute approximate surface area is 229 Å². The SMILES string of the molecule is NC(=O)Cc1ccc(OCCCN(Cc2ccc3c(c2)OCO3)CC(c2ccccc2)c2ccccc2)cc1. The van der Waals surface area contributed by atoms with Crippen molar-refractivity contribution in [1.29, 1.82) is 0 Å². The van der Waals surface area contributed by atoms with Crippen LogP contribution in [0.4, 0.5) is 0 Å². The first kappa shape index (κ1) is 26.3. The fourth-order valence-corrected chi connectivity index (χ4v) is 4.95. The number of carbonyl (C=O) groups excluding carboxylic acids is 1. The molecule has 1 aliphatic rings. The second kappa shape index (κ2) is 13.0. The van der Waals surface area contributed by atoms with Crippen LogP contribution in [0.2, 0.25) is 0 Å². The first-order valence-electron chi connectivity index (χ1n) is 13.3. The van der Waals surface area contributed by atoms with E-state index in [9.17, 15) is 4.79 Å². The second-order valence-electron chi connectivity index (χ2n) is 9.79. The van der Waals surface area contributed by atoms with Gasteiger partial charge in [0.25, 0.3) is 0 Å². The molecule has 1 amide bonds. The third-order valence-corrected chi connectivity index (χ3v) is 6.88. The molecular weight excluding hydrogens is 488 g/mol. The predicted molar refractivity (Wildman–Crippen MR) is 152 cm³/mol. The van der Waals surface area contributed by atoms with Crippen LogP contribution < -0.4 is 19.9 Å². The van der Waals surface area contributed by atoms with Gasteiger partial charge < -0.3 is 19.9 Å². The van der Waals surface area contributed by atoms with Crippen LogP contribution in [0.15, 0.2) is 103 Å². The fourth-order valence-electron chi connectivity index (χ4n) is 4.95. The summed E-state index contributed by atoms with van der Waals surface area (Å²) in [5.41, 5.74) is 9.96. The van der Waals surface area contributed by atoms with Crippen LogP contribution in [-0.2, 0) is 17.8 Å². The minimum absolute atomic E-state index is 0.235. The number of rotatable bonds is 13. The number of hydrogen-bond acceptors (Lipinski definition) is 5. The minimum atomic E-state index is -0.337. The zero-order chi connectivity index (χ0) is 26.9. The summed E-state index contributed by atoms with van der Waals surface area (Å²) in [7, 11) is 0. The number of primary amides is 1. The summed E-state index contributed by atoms with van der Waals surface area (Å²) in [4.78, 5) is 13.6. The van der Waals surface area contributed by atoms with E-state index in [1.54, 1.807) is 0 Å². The smallest absolute Gasteiger partial charge is 0.231 e. The summed E-state index contributed by atoms with van der Waals surface area (Å²) >= 11 is 0. The van der Waals surface area contributed by atoms with Gasteiger partial charge in [-0.2, -0.15) is 0 Å². The van der Waals surface area contributed by atoms with Crippen LogP contribution >= 0.6 is 0 Å². The molecule has 0 aliphatic carbocycles. The highest BCUT2D eigenvalue weighted by Gasteiger charge is 2.20. The summed E-state index contributed by atoms with van der Waals surface area (Å²) in [5, 5.41) is 0. The molecule has 6 heteroatoms. The van der Waals surface area contributed by atoms with E-state index in [-0.39, 0.29) is 25.0 Å². The number of ether oxygens (including phenoxy) is 3. The molecule has 0 saturated heterocycles. The average molecular weight is 523 g/mol. The summed E-state index contributed by atoms with van der Waals surface area (Å²) in [6.45, 7) is 3.38. The number of nitrogens with two attached hydrogens (primary N) is 1. The van der Waals surface area contributed by atoms with Gasteiger partial charge in [-0.15, -0.1) is 0 Å². The maximum absolute atomic E-state index is 11.1. The van der Waals surface area contributed by atoms with Crippen molar-refractivity contribution in [3.63, 3.8) is 0 Å². The molecule has 0 bridgehead atoms. The minimum Gasteiger partial charge on any atom is -0.494 e. The zero-order valence-electron chi connectivity index (χ0n) is 22.0. The standard InChI is InChI=1S/C33H34N2O4/c34-33(36)21-25-12-15-29(16-13-25)37-19-7-18-35(22-26-14-17-31-32(20-26)39-24-38-31)23-30(27-8-3-1-4-9-27)28-10-5-2-6-11-28/h1-6,8-17,20,30H,7,18-19,21-24H2,(H2,34,36). The lowest BCUT2D eigenvalue weighted by molar-refractivity contribution is -0.117. The van der Waals surface area contributed by atoms with Crippen molar-refractivity contribution in [2.75, 3.05) is 26.5 Å². The first-order valence-corrected chi connectivity index (χ1v) is 13.3. The number of carbonyl (C=O) groups is 1. The van der Waals surface area contributed by atoms with E-state index in [0.29, 0.717) is 6.61 Å². The van der Waals surface area contributed by atoms with Crippen molar-refractivity contribution in [2.24, 2.45) is 5.73 Å². The number of amides is 1. The quantitative estimate of drug-likeness (QED) is 0.233. The van der Waals surface area contributed by atoms with Gasteiger partial charge in [0.05, 0.1) is 13.0 Å². The molecule has 0 atom stereocenters. The molecule has 0 saturated carbocycles. The molecule has 6 nitrogen and oxygen atoms in total. The molecule has 1 heterocycles. The molecule has 0 spiro atoms. The lowest BCUT2D eigenvalue weighted by Gasteiger charge is -2.28. The van der Waals surface area contributed by atoms with Crippen molar-refractivity contribution >= 4 is 5.91 Å². The van der Waals surface area contributed by atoms with Crippen LogP contribution in [0.1, 0.15) is 34.6 Å². The van der Waals surface area contributed by atoms with E-state index in [1.807, 2.05) is 30.3 Å². The zero-order valence-corrected chi connectivity index (χ0v) is 22.0. The van der Waals surface area contributed by atoms with Gasteiger partial charge in [-0.25, -0.2) is 0 Å². The lowest BCUT2D eigenvalue weighted by atomic mass is 9.90. The molecule has 0 unspecified atom stereocenters. The highest BCUT2D eigenvalue weighted by atomic mass is 16.7. The van der Waals surface area contributed by atoms with Gasteiger partial charge in [-0.3, -0.25) is 9.69 Å². The predicted octanol–water partition coefficient (Wildman–Crippen LogP) is 5.55. The van der Waals surface area contributed by atoms with Gasteiger partial charge in [0.2, 0.25) is 12.7 Å². The van der Waals surface area contributed by atoms with E-state index in [2.05, 4.69) is 77.7 Å². The molecule has 39 heavy (non-hydrogen) atoms. The molecule has 200 valence electrons. The van der Waals surface area contributed by atoms with Crippen molar-refractivity contribution in [2.45, 2.75) is 25.3 Å². The van der Waals surface area contributed by atoms with E-state index in [1.165, 1.54) is 16.7 Å². The topological polar surface area (TPSA) is 74.0 Å². The number of fused-ring (bicyclic) bond motifs is 1. The normalized spacial score (nSPS) is 12.2. The Morgan fingerprint density at radius 1 is 0.821 bits per heavy atom. The monoisotopic (exact) mass is 522 g/mol. The van der Waals surface area contributed by atoms with Crippen molar-refractivity contribution in [1.82, 2.24) is 4.90 Å². The van der Waals surface area contributed by atoms with Gasteiger partial charge in [0.15, 0.2) is 11.5 Å². The van der Waals surface area contributed by atoms with E-state index < -0.39 is 0 Å². The summed E-state index contributed by atoms with van der Waals surface area (Å²) in [5.74, 6) is 2.29. The number of benzene rings is 4. The average Bonchev–Trinajstić information content (AvgIpc) is 3.43. The Kier molecular flexibility index (Phi) is 8.76. The van der Waals surface area contributed by atoms with E-state index in [4.69, 9.17) is 19.9 Å². The summed E-state index contributed by atoms with van der Waals surface area (Å²) < 4.78 is 17.2. The van der Waals surface area contributed by atoms with E-state index in [0.717, 1.165) is 48.9 Å². The molecule has 0 radical (unpaired) electrons. The Morgan fingerprint density at radius 3 is 2.13 bits per heavy atom. The first-order chi connectivity index (χ1) is 19.1. The number of hydrogen-bond donors (Lipinski definition) is 1. The van der Waals surface area contributed by atoms with Gasteiger partial charge in [0.1, 0.15) is 5.75 Å². The van der Waals surface area contributed by atoms with Gasteiger partial charge in [-0.1, -0.05) is 78.9 Å². The highest BCUT2D eigenvalue weighted by molar-refractivity contribution is 5.76. The van der Waals surface area contributed by atoms with Crippen molar-refractivity contribution < 1.29 is 19.0 Å². The van der Waals surface area contributed by atoms with E-state index >= 15 is 0 Å². The Hall–Kier alpha value is -4.29. The van der Waals surface area contributed by atoms with Crippen molar-refractivity contribution in [3.8, 4) is 17.2 Å². The molecule has 4 aromatic carbocycles. The lowest BCUT2D eigenvalue weighted by Crippen LogP contribution is -2.30. The largest absolute Gasteiger partial charge is 0.494 e. The Bertz CT molecular complexity index is 1300. The van der Waals surface area contributed by atoms with Gasteiger partial charge in [-0.05, 0) is 52.9 Å². The summed E-state index contributed by atoms with van der Waals surface area (Å²) in [6, 6.07) is 35.1. The third-order valence-electron chi connectivity index (χ3n) is 6.88. The van der Waals surface area contributed by atoms with Gasteiger partial charge in [0, 0.05) is 25.6 Å². The molecule has 2 N–H and O–H groups in total. The second-order valence-corrected chi connectivity index (χ2v) is 9.79.